The number of nitrogens with one attached hydrogen (secondary N) is 1. The molecule has 6 nitrogen and oxygen atoms in total. The summed E-state index contributed by atoms with van der Waals surface area (Å²) in [5, 5.41) is 10.9. The van der Waals surface area contributed by atoms with Crippen LogP contribution in [0.2, 0.25) is 0 Å². The second-order valence-corrected chi connectivity index (χ2v) is 2.87. The number of nitrogens with two attached hydrogens (primary N) is 1. The molecule has 82 valence electrons. The first-order chi connectivity index (χ1) is 6.66. The number of carbonyl (C=O) groups is 2. The van der Waals surface area contributed by atoms with Gasteiger partial charge < -0.3 is 10.4 Å². The molecule has 0 aliphatic heterocycles. The third-order valence-corrected chi connectivity index (χ3v) is 1.60. The number of carboxylic acids is 1. The summed E-state index contributed by atoms with van der Waals surface area (Å²) in [7, 11) is 0. The summed E-state index contributed by atoms with van der Waals surface area (Å²) in [6, 6.07) is 0. The van der Waals surface area contributed by atoms with Gasteiger partial charge in [-0.1, -0.05) is 6.42 Å². The summed E-state index contributed by atoms with van der Waals surface area (Å²) in [5.41, 5.74) is 0. The number of aliphatic carboxylic acids is 1. The standard InChI is InChI=1S/C8H16N2O4/c9-14-6-7(11)10-5-3-1-2-4-8(12)13/h1-6,9H2,(H,10,11)(H,12,13). The maximum Gasteiger partial charge on any atom is 0.303 e. The number of carboxylic acid groups (broad SMARTS) is 1. The van der Waals surface area contributed by atoms with E-state index in [1.165, 1.54) is 0 Å². The maximum atomic E-state index is 10.8. The van der Waals surface area contributed by atoms with Gasteiger partial charge in [0.1, 0.15) is 6.61 Å². The smallest absolute Gasteiger partial charge is 0.303 e. The minimum Gasteiger partial charge on any atom is -0.481 e. The lowest BCUT2D eigenvalue weighted by atomic mass is 10.2. The SMILES string of the molecule is NOCC(=O)NCCCCCC(=O)O. The summed E-state index contributed by atoms with van der Waals surface area (Å²) < 4.78 is 0. The Hall–Kier alpha value is -1.14. The molecule has 0 spiro atoms. The predicted molar refractivity (Wildman–Crippen MR) is 49.3 cm³/mol. The lowest BCUT2D eigenvalue weighted by molar-refractivity contribution is -0.137. The van der Waals surface area contributed by atoms with E-state index in [-0.39, 0.29) is 18.9 Å². The maximum absolute atomic E-state index is 10.8. The Morgan fingerprint density at radius 3 is 2.57 bits per heavy atom. The van der Waals surface area contributed by atoms with E-state index in [0.29, 0.717) is 13.0 Å². The highest BCUT2D eigenvalue weighted by Gasteiger charge is 1.99. The Labute approximate surface area is 82.4 Å². The normalized spacial score (nSPS) is 9.79. The van der Waals surface area contributed by atoms with Crippen molar-refractivity contribution < 1.29 is 19.5 Å². The molecule has 0 fully saturated rings. The van der Waals surface area contributed by atoms with Crippen LogP contribution in [0.3, 0.4) is 0 Å². The van der Waals surface area contributed by atoms with Gasteiger partial charge in [-0.2, -0.15) is 0 Å². The summed E-state index contributed by atoms with van der Waals surface area (Å²) in [6.07, 6.45) is 2.37. The quantitative estimate of drug-likeness (QED) is 0.370. The molecular formula is C8H16N2O4. The lowest BCUT2D eigenvalue weighted by Crippen LogP contribution is -2.29. The number of hydrogen-bond donors (Lipinski definition) is 3. The van der Waals surface area contributed by atoms with Crippen LogP contribution in [0.25, 0.3) is 0 Å². The first-order valence-corrected chi connectivity index (χ1v) is 4.47. The zero-order valence-electron chi connectivity index (χ0n) is 7.99. The van der Waals surface area contributed by atoms with E-state index in [9.17, 15) is 9.59 Å². The molecular weight excluding hydrogens is 188 g/mol. The molecule has 0 atom stereocenters. The highest BCUT2D eigenvalue weighted by molar-refractivity contribution is 5.77. The van der Waals surface area contributed by atoms with Gasteiger partial charge in [0, 0.05) is 13.0 Å². The number of unbranched alkanes of at least 4 members (excludes halogenated alkanes) is 2. The number of rotatable bonds is 8. The molecule has 6 heteroatoms. The van der Waals surface area contributed by atoms with Crippen molar-refractivity contribution in [3.63, 3.8) is 0 Å². The molecule has 0 saturated carbocycles. The van der Waals surface area contributed by atoms with E-state index in [1.54, 1.807) is 0 Å². The predicted octanol–water partition coefficient (Wildman–Crippen LogP) is -0.362. The van der Waals surface area contributed by atoms with Gasteiger partial charge in [0.2, 0.25) is 5.91 Å². The Kier molecular flexibility index (Phi) is 7.77. The van der Waals surface area contributed by atoms with Crippen molar-refractivity contribution in [3.8, 4) is 0 Å². The van der Waals surface area contributed by atoms with Crippen LogP contribution in [-0.2, 0) is 14.4 Å². The van der Waals surface area contributed by atoms with Crippen molar-refractivity contribution in [1.29, 1.82) is 0 Å². The third-order valence-electron chi connectivity index (χ3n) is 1.60. The molecule has 0 saturated heterocycles. The van der Waals surface area contributed by atoms with Crippen LogP contribution in [0, 0.1) is 0 Å². The molecule has 0 aliphatic rings. The van der Waals surface area contributed by atoms with Crippen molar-refractivity contribution >= 4 is 11.9 Å². The number of amides is 1. The van der Waals surface area contributed by atoms with Crippen molar-refractivity contribution in [2.75, 3.05) is 13.2 Å². The fourth-order valence-electron chi connectivity index (χ4n) is 0.933. The zero-order chi connectivity index (χ0) is 10.8. The first kappa shape index (κ1) is 12.9. The molecule has 14 heavy (non-hydrogen) atoms. The van der Waals surface area contributed by atoms with Crippen LogP contribution >= 0.6 is 0 Å². The van der Waals surface area contributed by atoms with Gasteiger partial charge >= 0.3 is 5.97 Å². The fraction of sp³-hybridized carbons (Fsp3) is 0.750. The van der Waals surface area contributed by atoms with E-state index in [1.807, 2.05) is 0 Å². The molecule has 0 heterocycles. The van der Waals surface area contributed by atoms with Crippen molar-refractivity contribution in [3.05, 3.63) is 0 Å². The van der Waals surface area contributed by atoms with Gasteiger partial charge in [-0.15, -0.1) is 0 Å². The molecule has 0 bridgehead atoms. The van der Waals surface area contributed by atoms with Crippen LogP contribution in [0.1, 0.15) is 25.7 Å². The second kappa shape index (κ2) is 8.46. The summed E-state index contributed by atoms with van der Waals surface area (Å²) >= 11 is 0. The van der Waals surface area contributed by atoms with E-state index >= 15 is 0 Å². The Bertz CT molecular complexity index is 184. The van der Waals surface area contributed by atoms with Gasteiger partial charge in [0.05, 0.1) is 0 Å². The van der Waals surface area contributed by atoms with E-state index in [4.69, 9.17) is 5.11 Å². The van der Waals surface area contributed by atoms with Crippen LogP contribution in [0.5, 0.6) is 0 Å². The van der Waals surface area contributed by atoms with Crippen molar-refractivity contribution in [2.24, 2.45) is 5.90 Å². The Balaban J connectivity index is 3.13. The molecule has 0 aromatic carbocycles. The fourth-order valence-corrected chi connectivity index (χ4v) is 0.933. The monoisotopic (exact) mass is 204 g/mol. The Morgan fingerprint density at radius 1 is 1.29 bits per heavy atom. The number of carbonyl (C=O) groups excluding carboxylic acids is 1. The topological polar surface area (TPSA) is 102 Å². The Morgan fingerprint density at radius 2 is 2.00 bits per heavy atom. The highest BCUT2D eigenvalue weighted by atomic mass is 16.6. The van der Waals surface area contributed by atoms with Crippen molar-refractivity contribution in [2.45, 2.75) is 25.7 Å². The molecule has 0 rings (SSSR count). The molecule has 0 radical (unpaired) electrons. The average molecular weight is 204 g/mol. The molecule has 4 N–H and O–H groups in total. The molecule has 0 aliphatic carbocycles. The van der Waals surface area contributed by atoms with Gasteiger partial charge in [0.15, 0.2) is 0 Å². The summed E-state index contributed by atoms with van der Waals surface area (Å²) in [4.78, 5) is 25.0. The van der Waals surface area contributed by atoms with Crippen LogP contribution < -0.4 is 11.2 Å². The molecule has 0 aromatic rings. The van der Waals surface area contributed by atoms with Crippen LogP contribution in [0.4, 0.5) is 0 Å². The average Bonchev–Trinajstić information content (AvgIpc) is 2.11. The van der Waals surface area contributed by atoms with Crippen molar-refractivity contribution in [1.82, 2.24) is 5.32 Å². The van der Waals surface area contributed by atoms with Gasteiger partial charge in [0.25, 0.3) is 0 Å². The minimum absolute atomic E-state index is 0.144. The molecule has 1 amide bonds. The van der Waals surface area contributed by atoms with Gasteiger partial charge in [-0.25, -0.2) is 5.90 Å². The first-order valence-electron chi connectivity index (χ1n) is 4.47. The zero-order valence-corrected chi connectivity index (χ0v) is 7.99. The lowest BCUT2D eigenvalue weighted by Gasteiger charge is -2.02. The largest absolute Gasteiger partial charge is 0.481 e. The number of hydrogen-bond acceptors (Lipinski definition) is 4. The van der Waals surface area contributed by atoms with Gasteiger partial charge in [-0.05, 0) is 12.8 Å². The molecule has 0 aromatic heterocycles. The summed E-state index contributed by atoms with van der Waals surface area (Å²) in [6.45, 7) is 0.386. The third kappa shape index (κ3) is 8.95. The van der Waals surface area contributed by atoms with Crippen LogP contribution in [-0.4, -0.2) is 30.1 Å². The van der Waals surface area contributed by atoms with E-state index in [2.05, 4.69) is 16.1 Å². The minimum atomic E-state index is -0.787. The van der Waals surface area contributed by atoms with Crippen LogP contribution in [0.15, 0.2) is 0 Å². The second-order valence-electron chi connectivity index (χ2n) is 2.87. The van der Waals surface area contributed by atoms with Gasteiger partial charge in [-0.3, -0.25) is 14.4 Å². The van der Waals surface area contributed by atoms with E-state index < -0.39 is 5.97 Å². The molecule has 0 unspecified atom stereocenters. The highest BCUT2D eigenvalue weighted by Crippen LogP contribution is 1.98. The summed E-state index contributed by atoms with van der Waals surface area (Å²) in [5.74, 6) is 3.64. The van der Waals surface area contributed by atoms with E-state index in [0.717, 1.165) is 12.8 Å².